The number of carbonyl (C=O) groups excluding carboxylic acids is 2. The van der Waals surface area contributed by atoms with Gasteiger partial charge in [-0.3, -0.25) is 14.0 Å². The molecule has 3 aromatic heterocycles. The zero-order valence-corrected chi connectivity index (χ0v) is 25.6. The van der Waals surface area contributed by atoms with Crippen molar-refractivity contribution in [2.24, 2.45) is 11.8 Å². The van der Waals surface area contributed by atoms with Gasteiger partial charge in [-0.25, -0.2) is 17.7 Å². The molecule has 1 aliphatic rings. The fourth-order valence-electron chi connectivity index (χ4n) is 5.24. The fraction of sp³-hybridized carbons (Fsp3) is 0.552. The van der Waals surface area contributed by atoms with Crippen molar-refractivity contribution in [3.63, 3.8) is 0 Å². The number of thiophene rings is 1. The number of aliphatic hydroxyl groups is 1. The number of piperidine rings is 1. The number of hydrogen-bond donors (Lipinski definition) is 3. The summed E-state index contributed by atoms with van der Waals surface area (Å²) in [6, 6.07) is 4.89. The molecule has 0 saturated carbocycles. The quantitative estimate of drug-likeness (QED) is 0.272. The van der Waals surface area contributed by atoms with E-state index < -0.39 is 16.1 Å². The SMILES string of the molecule is CCCCS(=O)(=O)N1CCC(CNC(=O)c2cccn3c(C(=O)N[C@H](CO)CC(C)C)c(-c4ccsc4)nc23)CC1. The van der Waals surface area contributed by atoms with E-state index in [1.807, 2.05) is 37.6 Å². The minimum Gasteiger partial charge on any atom is -0.394 e. The first kappa shape index (κ1) is 31.1. The third kappa shape index (κ3) is 7.54. The number of aliphatic hydroxyl groups excluding tert-OH is 1. The van der Waals surface area contributed by atoms with Crippen LogP contribution in [0.15, 0.2) is 35.2 Å². The molecular formula is C29H41N5O5S2. The highest BCUT2D eigenvalue weighted by Gasteiger charge is 2.29. The Kier molecular flexibility index (Phi) is 10.6. The first-order valence-electron chi connectivity index (χ1n) is 14.4. The normalized spacial score (nSPS) is 15.8. The molecule has 41 heavy (non-hydrogen) atoms. The number of nitrogens with zero attached hydrogens (tertiary/aromatic N) is 3. The number of hydrogen-bond acceptors (Lipinski definition) is 7. The largest absolute Gasteiger partial charge is 0.394 e. The molecule has 1 aliphatic heterocycles. The van der Waals surface area contributed by atoms with E-state index in [1.54, 1.807) is 27.0 Å². The zero-order valence-electron chi connectivity index (χ0n) is 24.0. The Labute approximate surface area is 246 Å². The maximum absolute atomic E-state index is 13.5. The third-order valence-electron chi connectivity index (χ3n) is 7.49. The van der Waals surface area contributed by atoms with Gasteiger partial charge in [0.1, 0.15) is 11.4 Å². The average Bonchev–Trinajstić information content (AvgIpc) is 3.62. The Hall–Kier alpha value is -2.80. The third-order valence-corrected chi connectivity index (χ3v) is 10.1. The summed E-state index contributed by atoms with van der Waals surface area (Å²) in [7, 11) is -3.22. The maximum atomic E-state index is 13.5. The summed E-state index contributed by atoms with van der Waals surface area (Å²) >= 11 is 1.49. The van der Waals surface area contributed by atoms with E-state index >= 15 is 0 Å². The number of carbonyl (C=O) groups is 2. The van der Waals surface area contributed by atoms with Gasteiger partial charge in [0.25, 0.3) is 11.8 Å². The lowest BCUT2D eigenvalue weighted by atomic mass is 9.98. The summed E-state index contributed by atoms with van der Waals surface area (Å²) < 4.78 is 28.3. The molecule has 1 atom stereocenters. The Balaban J connectivity index is 1.51. The van der Waals surface area contributed by atoms with Gasteiger partial charge in [0.2, 0.25) is 10.0 Å². The van der Waals surface area contributed by atoms with E-state index in [0.29, 0.717) is 73.8 Å². The van der Waals surface area contributed by atoms with Crippen LogP contribution in [0.1, 0.15) is 73.7 Å². The van der Waals surface area contributed by atoms with Gasteiger partial charge in [-0.15, -0.1) is 0 Å². The summed E-state index contributed by atoms with van der Waals surface area (Å²) in [4.78, 5) is 31.7. The summed E-state index contributed by atoms with van der Waals surface area (Å²) in [5.41, 5.74) is 2.29. The molecule has 0 spiro atoms. The molecule has 10 nitrogen and oxygen atoms in total. The van der Waals surface area contributed by atoms with E-state index in [-0.39, 0.29) is 30.1 Å². The highest BCUT2D eigenvalue weighted by Crippen LogP contribution is 2.28. The zero-order chi connectivity index (χ0) is 29.6. The Morgan fingerprint density at radius 3 is 2.59 bits per heavy atom. The van der Waals surface area contributed by atoms with Crippen molar-refractivity contribution in [2.75, 3.05) is 32.0 Å². The van der Waals surface area contributed by atoms with Crippen molar-refractivity contribution in [3.05, 3.63) is 46.4 Å². The second kappa shape index (κ2) is 13.9. The van der Waals surface area contributed by atoms with E-state index in [2.05, 4.69) is 10.6 Å². The van der Waals surface area contributed by atoms with Crippen LogP contribution in [-0.2, 0) is 10.0 Å². The minimum absolute atomic E-state index is 0.175. The second-order valence-corrected chi connectivity index (χ2v) is 14.0. The molecule has 0 bridgehead atoms. The monoisotopic (exact) mass is 603 g/mol. The number of imidazole rings is 1. The first-order chi connectivity index (χ1) is 19.6. The molecule has 12 heteroatoms. The number of nitrogens with one attached hydrogen (secondary N) is 2. The number of sulfonamides is 1. The number of aromatic nitrogens is 2. The van der Waals surface area contributed by atoms with Crippen LogP contribution >= 0.6 is 11.3 Å². The highest BCUT2D eigenvalue weighted by atomic mass is 32.2. The molecule has 1 fully saturated rings. The van der Waals surface area contributed by atoms with Gasteiger partial charge in [-0.2, -0.15) is 11.3 Å². The van der Waals surface area contributed by atoms with Crippen LogP contribution in [0.2, 0.25) is 0 Å². The lowest BCUT2D eigenvalue weighted by Crippen LogP contribution is -2.42. The summed E-state index contributed by atoms with van der Waals surface area (Å²) in [6.07, 6.45) is 5.23. The van der Waals surface area contributed by atoms with Gasteiger partial charge in [0.15, 0.2) is 5.65 Å². The first-order valence-corrected chi connectivity index (χ1v) is 16.9. The van der Waals surface area contributed by atoms with Crippen LogP contribution in [0.4, 0.5) is 0 Å². The number of rotatable bonds is 13. The molecule has 1 saturated heterocycles. The van der Waals surface area contributed by atoms with Crippen molar-refractivity contribution in [2.45, 2.75) is 58.9 Å². The van der Waals surface area contributed by atoms with Crippen molar-refractivity contribution < 1.29 is 23.1 Å². The highest BCUT2D eigenvalue weighted by molar-refractivity contribution is 7.89. The molecule has 224 valence electrons. The molecule has 0 aliphatic carbocycles. The molecular weight excluding hydrogens is 562 g/mol. The van der Waals surface area contributed by atoms with E-state index in [9.17, 15) is 23.1 Å². The second-order valence-electron chi connectivity index (χ2n) is 11.1. The standard InChI is InChI=1S/C29H41N5O5S2/c1-4-5-15-41(38,39)33-12-8-21(9-13-33)17-30-28(36)24-7-6-11-34-26(29(37)31-23(18-35)16-20(2)3)25(32-27(24)34)22-10-14-40-19-22/h6-7,10-11,14,19-21,23,35H,4-5,8-9,12-13,15-18H2,1-3H3,(H,30,36)(H,31,37)/t23-/m0/s1. The number of pyridine rings is 1. The fourth-order valence-corrected chi connectivity index (χ4v) is 7.56. The van der Waals surface area contributed by atoms with E-state index in [4.69, 9.17) is 4.98 Å². The van der Waals surface area contributed by atoms with Gasteiger partial charge in [0, 0.05) is 36.8 Å². The van der Waals surface area contributed by atoms with Gasteiger partial charge < -0.3 is 15.7 Å². The van der Waals surface area contributed by atoms with Crippen LogP contribution in [0.5, 0.6) is 0 Å². The summed E-state index contributed by atoms with van der Waals surface area (Å²) in [5, 5.41) is 19.6. The minimum atomic E-state index is -3.22. The summed E-state index contributed by atoms with van der Waals surface area (Å²) in [6.45, 7) is 7.24. The van der Waals surface area contributed by atoms with Crippen LogP contribution in [0.25, 0.3) is 16.9 Å². The predicted molar refractivity (Wildman–Crippen MR) is 162 cm³/mol. The summed E-state index contributed by atoms with van der Waals surface area (Å²) in [5.74, 6) is -0.00785. The van der Waals surface area contributed by atoms with Crippen LogP contribution in [-0.4, -0.2) is 77.1 Å². The van der Waals surface area contributed by atoms with Gasteiger partial charge >= 0.3 is 0 Å². The van der Waals surface area contributed by atoms with Crippen LogP contribution in [0.3, 0.4) is 0 Å². The molecule has 0 unspecified atom stereocenters. The molecule has 2 amide bonds. The lowest BCUT2D eigenvalue weighted by molar-refractivity contribution is 0.0900. The molecule has 3 N–H and O–H groups in total. The maximum Gasteiger partial charge on any atom is 0.270 e. The Morgan fingerprint density at radius 1 is 1.20 bits per heavy atom. The van der Waals surface area contributed by atoms with Gasteiger partial charge in [0.05, 0.1) is 24.0 Å². The van der Waals surface area contributed by atoms with E-state index in [1.165, 1.54) is 11.3 Å². The van der Waals surface area contributed by atoms with Crippen LogP contribution in [0, 0.1) is 11.8 Å². The number of unbranched alkanes of at least 4 members (excludes halogenated alkanes) is 1. The molecule has 3 aromatic rings. The predicted octanol–water partition coefficient (Wildman–Crippen LogP) is 3.77. The van der Waals surface area contributed by atoms with Gasteiger partial charge in [-0.05, 0) is 61.1 Å². The van der Waals surface area contributed by atoms with Crippen molar-refractivity contribution in [1.82, 2.24) is 24.3 Å². The molecule has 4 heterocycles. The number of fused-ring (bicyclic) bond motifs is 1. The Morgan fingerprint density at radius 2 is 1.95 bits per heavy atom. The topological polar surface area (TPSA) is 133 Å². The molecule has 0 radical (unpaired) electrons. The van der Waals surface area contributed by atoms with Crippen molar-refractivity contribution >= 4 is 38.8 Å². The van der Waals surface area contributed by atoms with Crippen molar-refractivity contribution in [1.29, 1.82) is 0 Å². The smallest absolute Gasteiger partial charge is 0.270 e. The average molecular weight is 604 g/mol. The lowest BCUT2D eigenvalue weighted by Gasteiger charge is -2.31. The Bertz CT molecular complexity index is 1430. The van der Waals surface area contributed by atoms with Gasteiger partial charge in [-0.1, -0.05) is 27.2 Å². The van der Waals surface area contributed by atoms with E-state index in [0.717, 1.165) is 12.0 Å². The molecule has 4 rings (SSSR count). The van der Waals surface area contributed by atoms with Crippen LogP contribution < -0.4 is 10.6 Å². The number of amides is 2. The molecule has 0 aromatic carbocycles. The van der Waals surface area contributed by atoms with Crippen molar-refractivity contribution in [3.8, 4) is 11.3 Å².